The maximum absolute atomic E-state index is 13.5. The molecule has 168 valence electrons. The van der Waals surface area contributed by atoms with Crippen LogP contribution in [-0.2, 0) is 20.7 Å². The largest absolute Gasteiger partial charge is 0.368 e. The van der Waals surface area contributed by atoms with Crippen LogP contribution in [0.1, 0.15) is 47.7 Å². The van der Waals surface area contributed by atoms with Crippen molar-refractivity contribution in [1.29, 1.82) is 0 Å². The van der Waals surface area contributed by atoms with Crippen LogP contribution in [0.3, 0.4) is 0 Å². The minimum absolute atomic E-state index is 0.0467. The summed E-state index contributed by atoms with van der Waals surface area (Å²) in [5.41, 5.74) is 2.57. The Morgan fingerprint density at radius 3 is 2.47 bits per heavy atom. The lowest BCUT2D eigenvalue weighted by Gasteiger charge is -2.27. The van der Waals surface area contributed by atoms with Gasteiger partial charge in [-0.2, -0.15) is 0 Å². The highest BCUT2D eigenvalue weighted by molar-refractivity contribution is 9.10. The maximum Gasteiger partial charge on any atom is 0.251 e. The molecule has 4 rings (SSSR count). The molecule has 2 heterocycles. The van der Waals surface area contributed by atoms with Gasteiger partial charge in [0.2, 0.25) is 5.91 Å². The van der Waals surface area contributed by atoms with E-state index in [0.29, 0.717) is 30.9 Å². The zero-order chi connectivity index (χ0) is 22.8. The monoisotopic (exact) mass is 498 g/mol. The lowest BCUT2D eigenvalue weighted by molar-refractivity contribution is -0.138. The predicted molar refractivity (Wildman–Crippen MR) is 124 cm³/mol. The Bertz CT molecular complexity index is 1000. The first-order chi connectivity index (χ1) is 15.3. The van der Waals surface area contributed by atoms with Crippen molar-refractivity contribution < 1.29 is 19.1 Å². The predicted octanol–water partition coefficient (Wildman–Crippen LogP) is 3.48. The second-order valence-electron chi connectivity index (χ2n) is 8.71. The highest BCUT2D eigenvalue weighted by Crippen LogP contribution is 2.28. The minimum Gasteiger partial charge on any atom is -0.368 e. The van der Waals surface area contributed by atoms with Gasteiger partial charge in [-0.3, -0.25) is 14.4 Å². The number of fused-ring (bicyclic) bond motifs is 1. The van der Waals surface area contributed by atoms with E-state index in [1.165, 1.54) is 0 Å². The van der Waals surface area contributed by atoms with Crippen LogP contribution >= 0.6 is 15.9 Å². The molecule has 2 aliphatic rings. The first kappa shape index (κ1) is 22.7. The lowest BCUT2D eigenvalue weighted by atomic mass is 10.0. The van der Waals surface area contributed by atoms with Crippen molar-refractivity contribution in [1.82, 2.24) is 10.2 Å². The number of carbonyl (C=O) groups excluding carboxylic acids is 3. The molecule has 1 N–H and O–H groups in total. The summed E-state index contributed by atoms with van der Waals surface area (Å²) in [6.07, 6.45) is 0.738. The van der Waals surface area contributed by atoms with Gasteiger partial charge in [-0.05, 0) is 47.7 Å². The van der Waals surface area contributed by atoms with Crippen molar-refractivity contribution in [2.24, 2.45) is 0 Å². The number of nitrogens with one attached hydrogen (secondary N) is 1. The van der Waals surface area contributed by atoms with Crippen molar-refractivity contribution in [3.05, 3.63) is 69.7 Å². The van der Waals surface area contributed by atoms with Crippen LogP contribution in [0.15, 0.2) is 53.0 Å². The molecule has 0 bridgehead atoms. The number of hydrogen-bond acceptors (Lipinski definition) is 4. The van der Waals surface area contributed by atoms with Crippen molar-refractivity contribution >= 4 is 33.5 Å². The molecule has 6 nitrogen and oxygen atoms in total. The standard InChI is InChI=1S/C25H27BrN2O4/c1-15(2)17-5-7-18(8-6-17)24(30)27-20(13-16-3-9-19(26)10-4-16)25(31)28-12-11-22-23(28)21(29)14-32-22/h3-10,15,20,22-23H,11-14H2,1-2H3,(H,27,30). The Balaban J connectivity index is 1.55. The highest BCUT2D eigenvalue weighted by atomic mass is 79.9. The fraction of sp³-hybridized carbons (Fsp3) is 0.400. The van der Waals surface area contributed by atoms with Gasteiger partial charge in [-0.15, -0.1) is 0 Å². The van der Waals surface area contributed by atoms with Crippen molar-refractivity contribution in [2.45, 2.75) is 50.8 Å². The summed E-state index contributed by atoms with van der Waals surface area (Å²) in [5.74, 6) is -0.251. The second kappa shape index (κ2) is 9.55. The molecular weight excluding hydrogens is 472 g/mol. The molecule has 2 aliphatic heterocycles. The molecule has 2 aromatic rings. The third-order valence-corrected chi connectivity index (χ3v) is 6.72. The Kier molecular flexibility index (Phi) is 6.76. The molecule has 32 heavy (non-hydrogen) atoms. The first-order valence-corrected chi connectivity index (χ1v) is 11.7. The van der Waals surface area contributed by atoms with Crippen LogP contribution in [0.2, 0.25) is 0 Å². The zero-order valence-corrected chi connectivity index (χ0v) is 19.8. The number of rotatable bonds is 6. The Morgan fingerprint density at radius 1 is 1.12 bits per heavy atom. The fourth-order valence-electron chi connectivity index (χ4n) is 4.36. The summed E-state index contributed by atoms with van der Waals surface area (Å²) in [5, 5.41) is 2.92. The number of amides is 2. The molecule has 0 aliphatic carbocycles. The molecule has 2 fully saturated rings. The van der Waals surface area contributed by atoms with Crippen LogP contribution in [0, 0.1) is 0 Å². The van der Waals surface area contributed by atoms with E-state index < -0.39 is 12.1 Å². The summed E-state index contributed by atoms with van der Waals surface area (Å²) in [4.78, 5) is 40.4. The summed E-state index contributed by atoms with van der Waals surface area (Å²) in [7, 11) is 0. The number of ketones is 1. The van der Waals surface area contributed by atoms with Crippen molar-refractivity contribution in [3.63, 3.8) is 0 Å². The Labute approximate surface area is 196 Å². The quantitative estimate of drug-likeness (QED) is 0.661. The van der Waals surface area contributed by atoms with E-state index in [0.717, 1.165) is 15.6 Å². The van der Waals surface area contributed by atoms with Crippen molar-refractivity contribution in [3.8, 4) is 0 Å². The molecule has 7 heteroatoms. The first-order valence-electron chi connectivity index (χ1n) is 10.9. The molecule has 0 spiro atoms. The van der Waals surface area contributed by atoms with Crippen LogP contribution in [0.4, 0.5) is 0 Å². The van der Waals surface area contributed by atoms with Gasteiger partial charge in [0.1, 0.15) is 18.7 Å². The van der Waals surface area contributed by atoms with Gasteiger partial charge in [-0.25, -0.2) is 0 Å². The summed E-state index contributed by atoms with van der Waals surface area (Å²) in [6, 6.07) is 13.8. The Morgan fingerprint density at radius 2 is 1.81 bits per heavy atom. The summed E-state index contributed by atoms with van der Waals surface area (Å²) in [6.45, 7) is 4.69. The third kappa shape index (κ3) is 4.79. The topological polar surface area (TPSA) is 75.7 Å². The number of benzene rings is 2. The van der Waals surface area contributed by atoms with E-state index in [9.17, 15) is 14.4 Å². The van der Waals surface area contributed by atoms with E-state index >= 15 is 0 Å². The third-order valence-electron chi connectivity index (χ3n) is 6.19. The number of likely N-dealkylation sites (tertiary alicyclic amines) is 1. The fourth-order valence-corrected chi connectivity index (χ4v) is 4.62. The molecule has 2 saturated heterocycles. The van der Waals surface area contributed by atoms with E-state index in [2.05, 4.69) is 35.1 Å². The minimum atomic E-state index is -0.777. The number of ether oxygens (including phenoxy) is 1. The van der Waals surface area contributed by atoms with E-state index in [4.69, 9.17) is 4.74 Å². The van der Waals surface area contributed by atoms with Gasteiger partial charge < -0.3 is 15.0 Å². The van der Waals surface area contributed by atoms with Crippen LogP contribution < -0.4 is 5.32 Å². The molecular formula is C25H27BrN2O4. The highest BCUT2D eigenvalue weighted by Gasteiger charge is 2.48. The SMILES string of the molecule is CC(C)c1ccc(C(=O)NC(Cc2ccc(Br)cc2)C(=O)N2CCC3OCC(=O)C32)cc1. The molecule has 3 unspecified atom stereocenters. The maximum atomic E-state index is 13.5. The number of halogens is 1. The molecule has 2 aromatic carbocycles. The van der Waals surface area contributed by atoms with E-state index in [1.54, 1.807) is 17.0 Å². The number of hydrogen-bond donors (Lipinski definition) is 1. The average Bonchev–Trinajstić information content (AvgIpc) is 3.37. The zero-order valence-electron chi connectivity index (χ0n) is 18.2. The molecule has 0 saturated carbocycles. The Hall–Kier alpha value is -2.51. The smallest absolute Gasteiger partial charge is 0.251 e. The van der Waals surface area contributed by atoms with Gasteiger partial charge in [0.15, 0.2) is 5.78 Å². The lowest BCUT2D eigenvalue weighted by Crippen LogP contribution is -2.53. The number of carbonyl (C=O) groups is 3. The van der Waals surface area contributed by atoms with Crippen molar-refractivity contribution in [2.75, 3.05) is 13.2 Å². The van der Waals surface area contributed by atoms with Gasteiger partial charge in [0.05, 0.1) is 6.10 Å². The molecule has 3 atom stereocenters. The van der Waals surface area contributed by atoms with E-state index in [-0.39, 0.29) is 30.3 Å². The van der Waals surface area contributed by atoms with Gasteiger partial charge >= 0.3 is 0 Å². The summed E-state index contributed by atoms with van der Waals surface area (Å²) >= 11 is 3.42. The molecule has 2 amide bonds. The van der Waals surface area contributed by atoms with E-state index in [1.807, 2.05) is 36.4 Å². The normalized spacial score (nSPS) is 21.0. The van der Waals surface area contributed by atoms with Crippen LogP contribution in [0.5, 0.6) is 0 Å². The number of Topliss-reactive ketones (excluding diaryl/α,β-unsaturated/α-hetero) is 1. The summed E-state index contributed by atoms with van der Waals surface area (Å²) < 4.78 is 6.46. The van der Waals surface area contributed by atoms with Gasteiger partial charge in [-0.1, -0.05) is 54.0 Å². The van der Waals surface area contributed by atoms with Crippen LogP contribution in [0.25, 0.3) is 0 Å². The molecule has 0 aromatic heterocycles. The average molecular weight is 499 g/mol. The van der Waals surface area contributed by atoms with Crippen LogP contribution in [-0.4, -0.2) is 53.8 Å². The number of nitrogens with zero attached hydrogens (tertiary/aromatic N) is 1. The second-order valence-corrected chi connectivity index (χ2v) is 9.63. The van der Waals surface area contributed by atoms with Gasteiger partial charge in [0.25, 0.3) is 5.91 Å². The molecule has 0 radical (unpaired) electrons. The van der Waals surface area contributed by atoms with Gasteiger partial charge in [0, 0.05) is 23.0 Å².